The lowest BCUT2D eigenvalue weighted by Gasteiger charge is -2.37. The average Bonchev–Trinajstić information content (AvgIpc) is 3.48. The van der Waals surface area contributed by atoms with E-state index in [9.17, 15) is 9.59 Å². The predicted octanol–water partition coefficient (Wildman–Crippen LogP) is 3.85. The number of carbonyl (C=O) groups is 2. The molecule has 3 aliphatic rings. The van der Waals surface area contributed by atoms with E-state index in [1.54, 1.807) is 7.11 Å². The number of thioether (sulfide) groups is 1. The molecule has 3 aliphatic heterocycles. The zero-order valence-electron chi connectivity index (χ0n) is 18.1. The van der Waals surface area contributed by atoms with Gasteiger partial charge in [0.05, 0.1) is 38.0 Å². The van der Waals surface area contributed by atoms with Crippen molar-refractivity contribution < 1.29 is 19.1 Å². The molecule has 0 spiro atoms. The Kier molecular flexibility index (Phi) is 6.36. The number of amidine groups is 1. The van der Waals surface area contributed by atoms with E-state index in [1.165, 1.54) is 18.9 Å². The summed E-state index contributed by atoms with van der Waals surface area (Å²) in [6.45, 7) is 3.59. The molecule has 0 radical (unpaired) electrons. The molecule has 164 valence electrons. The van der Waals surface area contributed by atoms with Gasteiger partial charge >= 0.3 is 5.97 Å². The molecule has 0 N–H and O–H groups in total. The summed E-state index contributed by atoms with van der Waals surface area (Å²) >= 11 is 1.49. The van der Waals surface area contributed by atoms with Crippen LogP contribution < -0.4 is 4.74 Å². The van der Waals surface area contributed by atoms with Crippen LogP contribution in [0.3, 0.4) is 0 Å². The molecule has 8 heteroatoms. The number of likely N-dealkylation sites (tertiary alicyclic amines) is 1. The first kappa shape index (κ1) is 21.5. The molecule has 1 fully saturated rings. The lowest BCUT2D eigenvalue weighted by Crippen LogP contribution is -2.38. The minimum Gasteiger partial charge on any atom is -0.496 e. The Bertz CT molecular complexity index is 979. The van der Waals surface area contributed by atoms with Crippen molar-refractivity contribution in [1.29, 1.82) is 0 Å². The Morgan fingerprint density at radius 2 is 1.94 bits per heavy atom. The van der Waals surface area contributed by atoms with Gasteiger partial charge in [-0.05, 0) is 30.7 Å². The van der Waals surface area contributed by atoms with Crippen LogP contribution in [0, 0.1) is 0 Å². The topological polar surface area (TPSA) is 71.4 Å². The van der Waals surface area contributed by atoms with Gasteiger partial charge in [0.25, 0.3) is 0 Å². The van der Waals surface area contributed by atoms with Crippen LogP contribution in [0.25, 0.3) is 0 Å². The van der Waals surface area contributed by atoms with Gasteiger partial charge in [-0.15, -0.1) is 0 Å². The maximum atomic E-state index is 12.9. The van der Waals surface area contributed by atoms with Crippen LogP contribution in [-0.4, -0.2) is 54.2 Å². The number of nitrogens with zero attached hydrogens (tertiary/aromatic N) is 3. The van der Waals surface area contributed by atoms with Gasteiger partial charge in [0, 0.05) is 24.4 Å². The standard InChI is InChI=1S/C23H27N3O4S/c1-4-17-20(22(28)30-3)21(16-9-5-6-10-18(16)29-2)26-15(14-31-23(26)24-17)13-19(27)25-11-7-8-12-25/h5-6,9-10,14,21H,4,7-8,11-13H2,1-3H3. The molecule has 0 aliphatic carbocycles. The Morgan fingerprint density at radius 1 is 1.19 bits per heavy atom. The highest BCUT2D eigenvalue weighted by atomic mass is 32.2. The maximum absolute atomic E-state index is 12.9. The molecule has 0 aromatic heterocycles. The lowest BCUT2D eigenvalue weighted by atomic mass is 9.92. The number of hydrogen-bond acceptors (Lipinski definition) is 7. The normalized spacial score (nSPS) is 20.4. The van der Waals surface area contributed by atoms with Crippen LogP contribution in [0.2, 0.25) is 0 Å². The third kappa shape index (κ3) is 3.96. The summed E-state index contributed by atoms with van der Waals surface area (Å²) in [7, 11) is 3.00. The summed E-state index contributed by atoms with van der Waals surface area (Å²) in [5.41, 5.74) is 2.86. The average molecular weight is 442 g/mol. The molecule has 7 nitrogen and oxygen atoms in total. The van der Waals surface area contributed by atoms with Crippen molar-refractivity contribution in [2.75, 3.05) is 27.3 Å². The maximum Gasteiger partial charge on any atom is 0.338 e. The van der Waals surface area contributed by atoms with Crippen molar-refractivity contribution in [3.8, 4) is 5.75 Å². The first-order valence-electron chi connectivity index (χ1n) is 10.5. The van der Waals surface area contributed by atoms with Crippen LogP contribution >= 0.6 is 11.8 Å². The third-order valence-electron chi connectivity index (χ3n) is 5.85. The van der Waals surface area contributed by atoms with Gasteiger partial charge in [0.2, 0.25) is 5.91 Å². The van der Waals surface area contributed by atoms with Gasteiger partial charge in [-0.3, -0.25) is 4.79 Å². The Morgan fingerprint density at radius 3 is 2.61 bits per heavy atom. The van der Waals surface area contributed by atoms with Gasteiger partial charge in [-0.1, -0.05) is 36.9 Å². The molecule has 1 atom stereocenters. The number of allylic oxidation sites excluding steroid dienone is 1. The highest BCUT2D eigenvalue weighted by Gasteiger charge is 2.42. The van der Waals surface area contributed by atoms with Crippen molar-refractivity contribution in [2.45, 2.75) is 38.6 Å². The van der Waals surface area contributed by atoms with Gasteiger partial charge in [-0.2, -0.15) is 0 Å². The second-order valence-corrected chi connectivity index (χ2v) is 8.44. The lowest BCUT2D eigenvalue weighted by molar-refractivity contribution is -0.136. The Hall–Kier alpha value is -2.74. The van der Waals surface area contributed by atoms with E-state index in [-0.39, 0.29) is 12.3 Å². The van der Waals surface area contributed by atoms with Crippen LogP contribution in [0.15, 0.2) is 51.6 Å². The van der Waals surface area contributed by atoms with Crippen molar-refractivity contribution in [3.63, 3.8) is 0 Å². The highest BCUT2D eigenvalue weighted by molar-refractivity contribution is 8.16. The first-order valence-corrected chi connectivity index (χ1v) is 11.4. The zero-order valence-corrected chi connectivity index (χ0v) is 18.9. The predicted molar refractivity (Wildman–Crippen MR) is 120 cm³/mol. The molecule has 3 heterocycles. The van der Waals surface area contributed by atoms with Crippen LogP contribution in [0.4, 0.5) is 0 Å². The van der Waals surface area contributed by atoms with E-state index in [2.05, 4.69) is 0 Å². The number of para-hydroxylation sites is 1. The van der Waals surface area contributed by atoms with Crippen molar-refractivity contribution in [2.24, 2.45) is 4.99 Å². The fourth-order valence-corrected chi connectivity index (χ4v) is 5.27. The second-order valence-electron chi connectivity index (χ2n) is 7.61. The number of ether oxygens (including phenoxy) is 2. The summed E-state index contributed by atoms with van der Waals surface area (Å²) in [5.74, 6) is 0.361. The largest absolute Gasteiger partial charge is 0.496 e. The number of esters is 1. The number of rotatable bonds is 6. The number of carbonyl (C=O) groups excluding carboxylic acids is 2. The molecular formula is C23H27N3O4S. The fourth-order valence-electron chi connectivity index (χ4n) is 4.33. The molecule has 4 rings (SSSR count). The van der Waals surface area contributed by atoms with E-state index < -0.39 is 12.0 Å². The summed E-state index contributed by atoms with van der Waals surface area (Å²) in [4.78, 5) is 34.5. The van der Waals surface area contributed by atoms with Gasteiger partial charge < -0.3 is 19.3 Å². The molecule has 1 saturated heterocycles. The molecule has 31 heavy (non-hydrogen) atoms. The second kappa shape index (κ2) is 9.18. The van der Waals surface area contributed by atoms with E-state index in [0.717, 1.165) is 42.4 Å². The number of benzene rings is 1. The number of methoxy groups -OCH3 is 2. The number of hydrogen-bond donors (Lipinski definition) is 0. The van der Waals surface area contributed by atoms with Crippen molar-refractivity contribution in [1.82, 2.24) is 9.80 Å². The summed E-state index contributed by atoms with van der Waals surface area (Å²) in [6.07, 6.45) is 2.97. The molecule has 1 amide bonds. The van der Waals surface area contributed by atoms with Gasteiger partial charge in [0.1, 0.15) is 5.75 Å². The zero-order chi connectivity index (χ0) is 22.0. The van der Waals surface area contributed by atoms with E-state index >= 15 is 0 Å². The summed E-state index contributed by atoms with van der Waals surface area (Å²) in [5, 5.41) is 2.74. The number of amides is 1. The number of fused-ring (bicyclic) bond motifs is 1. The summed E-state index contributed by atoms with van der Waals surface area (Å²) < 4.78 is 10.8. The third-order valence-corrected chi connectivity index (χ3v) is 6.74. The van der Waals surface area contributed by atoms with Crippen LogP contribution in [0.1, 0.15) is 44.2 Å². The smallest absolute Gasteiger partial charge is 0.338 e. The quantitative estimate of drug-likeness (QED) is 0.625. The SMILES string of the molecule is CCC1=C(C(=O)OC)C(c2ccccc2OC)N2C(CC(=O)N3CCCC3)=CSC2=N1. The molecule has 1 aromatic rings. The van der Waals surface area contributed by atoms with Gasteiger partial charge in [0.15, 0.2) is 5.17 Å². The van der Waals surface area contributed by atoms with Crippen LogP contribution in [-0.2, 0) is 14.3 Å². The molecule has 1 unspecified atom stereocenters. The van der Waals surface area contributed by atoms with Gasteiger partial charge in [-0.25, -0.2) is 9.79 Å². The minimum atomic E-state index is -0.473. The van der Waals surface area contributed by atoms with E-state index in [0.29, 0.717) is 23.4 Å². The fraction of sp³-hybridized carbons (Fsp3) is 0.435. The summed E-state index contributed by atoms with van der Waals surface area (Å²) in [6, 6.07) is 7.17. The monoisotopic (exact) mass is 441 g/mol. The highest BCUT2D eigenvalue weighted by Crippen LogP contribution is 2.47. The Labute approximate surface area is 186 Å². The molecule has 1 aromatic carbocycles. The van der Waals surface area contributed by atoms with Crippen LogP contribution in [0.5, 0.6) is 5.75 Å². The van der Waals surface area contributed by atoms with E-state index in [4.69, 9.17) is 14.5 Å². The molecular weight excluding hydrogens is 414 g/mol. The number of aliphatic imine (C=N–C) groups is 1. The molecule has 0 bridgehead atoms. The van der Waals surface area contributed by atoms with Crippen molar-refractivity contribution in [3.05, 3.63) is 52.2 Å². The first-order chi connectivity index (χ1) is 15.1. The van der Waals surface area contributed by atoms with E-state index in [1.807, 2.05) is 46.4 Å². The molecule has 0 saturated carbocycles. The minimum absolute atomic E-state index is 0.106. The van der Waals surface area contributed by atoms with Crippen molar-refractivity contribution >= 4 is 28.8 Å². The Balaban J connectivity index is 1.78.